The van der Waals surface area contributed by atoms with Crippen LogP contribution in [0.1, 0.15) is 71.1 Å². The van der Waals surface area contributed by atoms with Crippen molar-refractivity contribution in [2.24, 2.45) is 17.8 Å². The maximum absolute atomic E-state index is 11.4. The van der Waals surface area contributed by atoms with Gasteiger partial charge >= 0.3 is 0 Å². The highest BCUT2D eigenvalue weighted by atomic mass is 16.1. The number of ketones is 1. The van der Waals surface area contributed by atoms with Crippen LogP contribution >= 0.6 is 0 Å². The lowest BCUT2D eigenvalue weighted by atomic mass is 9.66. The van der Waals surface area contributed by atoms with Crippen LogP contribution < -0.4 is 0 Å². The molecule has 16 heavy (non-hydrogen) atoms. The number of carbonyl (C=O) groups excluding carboxylic acids is 1. The maximum atomic E-state index is 11.4. The van der Waals surface area contributed by atoms with E-state index in [2.05, 4.69) is 6.92 Å². The average Bonchev–Trinajstić information content (AvgIpc) is 2.29. The Labute approximate surface area is 100.0 Å². The van der Waals surface area contributed by atoms with Gasteiger partial charge in [-0.2, -0.15) is 0 Å². The quantitative estimate of drug-likeness (QED) is 0.646. The van der Waals surface area contributed by atoms with E-state index in [0.717, 1.165) is 30.6 Å². The molecular formula is C15H26O. The molecule has 0 aromatic carbocycles. The minimum atomic E-state index is 0.533. The second kappa shape index (κ2) is 5.84. The van der Waals surface area contributed by atoms with Gasteiger partial charge in [0.1, 0.15) is 5.78 Å². The zero-order chi connectivity index (χ0) is 11.4. The lowest BCUT2D eigenvalue weighted by molar-refractivity contribution is -0.123. The number of hydrogen-bond donors (Lipinski definition) is 0. The van der Waals surface area contributed by atoms with Gasteiger partial charge < -0.3 is 0 Å². The lowest BCUT2D eigenvalue weighted by Gasteiger charge is -2.38. The molecule has 3 unspecified atom stereocenters. The monoisotopic (exact) mass is 222 g/mol. The Balaban J connectivity index is 1.75. The van der Waals surface area contributed by atoms with Crippen molar-refractivity contribution in [3.63, 3.8) is 0 Å². The van der Waals surface area contributed by atoms with Crippen LogP contribution in [0.2, 0.25) is 0 Å². The second-order valence-electron chi connectivity index (χ2n) is 5.98. The Morgan fingerprint density at radius 2 is 2.00 bits per heavy atom. The Hall–Kier alpha value is -0.330. The molecule has 92 valence electrons. The van der Waals surface area contributed by atoms with E-state index in [1.807, 2.05) is 0 Å². The molecule has 0 bridgehead atoms. The molecule has 2 aliphatic rings. The third-order valence-corrected chi connectivity index (χ3v) is 4.75. The highest BCUT2D eigenvalue weighted by molar-refractivity contribution is 5.79. The molecule has 2 saturated carbocycles. The van der Waals surface area contributed by atoms with Crippen molar-refractivity contribution in [1.29, 1.82) is 0 Å². The summed E-state index contributed by atoms with van der Waals surface area (Å²) in [5, 5.41) is 0. The predicted octanol–water partition coefficient (Wildman–Crippen LogP) is 4.35. The molecule has 0 N–H and O–H groups in total. The van der Waals surface area contributed by atoms with Gasteiger partial charge in [-0.05, 0) is 37.0 Å². The van der Waals surface area contributed by atoms with E-state index >= 15 is 0 Å². The van der Waals surface area contributed by atoms with Crippen LogP contribution in [0.3, 0.4) is 0 Å². The predicted molar refractivity (Wildman–Crippen MR) is 67.3 cm³/mol. The van der Waals surface area contributed by atoms with Gasteiger partial charge in [-0.15, -0.1) is 0 Å². The second-order valence-corrected chi connectivity index (χ2v) is 5.98. The van der Waals surface area contributed by atoms with Crippen molar-refractivity contribution < 1.29 is 4.79 Å². The lowest BCUT2D eigenvalue weighted by Crippen LogP contribution is -2.31. The van der Waals surface area contributed by atoms with Gasteiger partial charge in [0.15, 0.2) is 0 Å². The first kappa shape index (κ1) is 12.1. The van der Waals surface area contributed by atoms with E-state index in [1.54, 1.807) is 0 Å². The van der Waals surface area contributed by atoms with E-state index in [1.165, 1.54) is 51.4 Å². The van der Waals surface area contributed by atoms with Crippen molar-refractivity contribution in [3.05, 3.63) is 0 Å². The highest BCUT2D eigenvalue weighted by Gasteiger charge is 2.34. The fourth-order valence-corrected chi connectivity index (χ4v) is 3.73. The molecule has 0 heterocycles. The van der Waals surface area contributed by atoms with Gasteiger partial charge in [0.05, 0.1) is 0 Å². The van der Waals surface area contributed by atoms with Crippen molar-refractivity contribution in [2.75, 3.05) is 0 Å². The van der Waals surface area contributed by atoms with Gasteiger partial charge in [-0.3, -0.25) is 4.79 Å². The van der Waals surface area contributed by atoms with Crippen LogP contribution in [-0.2, 0) is 4.79 Å². The molecule has 0 saturated heterocycles. The molecule has 0 radical (unpaired) electrons. The normalized spacial score (nSPS) is 34.8. The van der Waals surface area contributed by atoms with Crippen molar-refractivity contribution in [2.45, 2.75) is 71.1 Å². The third-order valence-electron chi connectivity index (χ3n) is 4.75. The van der Waals surface area contributed by atoms with E-state index in [-0.39, 0.29) is 0 Å². The molecule has 0 aromatic heterocycles. The number of hydrogen-bond acceptors (Lipinski definition) is 1. The SMILES string of the molecule is CCCCCC1CCC2CC(=O)CCC2C1. The van der Waals surface area contributed by atoms with Gasteiger partial charge in [0.25, 0.3) is 0 Å². The van der Waals surface area contributed by atoms with E-state index in [9.17, 15) is 4.79 Å². The number of Topliss-reactive ketones (excluding diaryl/α,β-unsaturated/α-hetero) is 1. The van der Waals surface area contributed by atoms with Gasteiger partial charge in [0, 0.05) is 12.8 Å². The Morgan fingerprint density at radius 3 is 2.81 bits per heavy atom. The molecule has 3 atom stereocenters. The minimum Gasteiger partial charge on any atom is -0.300 e. The summed E-state index contributed by atoms with van der Waals surface area (Å²) >= 11 is 0. The molecule has 0 spiro atoms. The molecule has 2 fully saturated rings. The van der Waals surface area contributed by atoms with Crippen LogP contribution in [0.4, 0.5) is 0 Å². The molecule has 0 amide bonds. The Kier molecular flexibility index (Phi) is 4.43. The molecule has 1 nitrogen and oxygen atoms in total. The van der Waals surface area contributed by atoms with Crippen LogP contribution in [0.5, 0.6) is 0 Å². The fraction of sp³-hybridized carbons (Fsp3) is 0.933. The fourth-order valence-electron chi connectivity index (χ4n) is 3.73. The molecule has 1 heteroatoms. The Morgan fingerprint density at radius 1 is 1.12 bits per heavy atom. The summed E-state index contributed by atoms with van der Waals surface area (Å²) in [4.78, 5) is 11.4. The largest absolute Gasteiger partial charge is 0.300 e. The number of rotatable bonds is 4. The van der Waals surface area contributed by atoms with Crippen molar-refractivity contribution >= 4 is 5.78 Å². The molecule has 2 rings (SSSR count). The summed E-state index contributed by atoms with van der Waals surface area (Å²) in [5.41, 5.74) is 0. The van der Waals surface area contributed by atoms with Crippen LogP contribution in [-0.4, -0.2) is 5.78 Å². The number of fused-ring (bicyclic) bond motifs is 1. The summed E-state index contributed by atoms with van der Waals surface area (Å²) in [5.74, 6) is 3.19. The van der Waals surface area contributed by atoms with Crippen LogP contribution in [0.25, 0.3) is 0 Å². The summed E-state index contributed by atoms with van der Waals surface area (Å²) in [7, 11) is 0. The van der Waals surface area contributed by atoms with Crippen molar-refractivity contribution in [1.82, 2.24) is 0 Å². The molecule has 0 aromatic rings. The first-order valence-corrected chi connectivity index (χ1v) is 7.31. The standard InChI is InChI=1S/C15H26O/c1-2-3-4-5-12-6-7-14-11-15(16)9-8-13(14)10-12/h12-14H,2-11H2,1H3. The number of unbranched alkanes of at least 4 members (excludes halogenated alkanes) is 2. The summed E-state index contributed by atoms with van der Waals surface area (Å²) in [6.45, 7) is 2.28. The highest BCUT2D eigenvalue weighted by Crippen LogP contribution is 2.42. The van der Waals surface area contributed by atoms with Gasteiger partial charge in [0.2, 0.25) is 0 Å². The molecular weight excluding hydrogens is 196 g/mol. The van der Waals surface area contributed by atoms with E-state index < -0.39 is 0 Å². The van der Waals surface area contributed by atoms with Gasteiger partial charge in [-0.1, -0.05) is 39.0 Å². The van der Waals surface area contributed by atoms with E-state index in [4.69, 9.17) is 0 Å². The zero-order valence-corrected chi connectivity index (χ0v) is 10.7. The summed E-state index contributed by atoms with van der Waals surface area (Å²) in [6.07, 6.45) is 12.8. The topological polar surface area (TPSA) is 17.1 Å². The van der Waals surface area contributed by atoms with Crippen LogP contribution in [0, 0.1) is 17.8 Å². The van der Waals surface area contributed by atoms with Gasteiger partial charge in [-0.25, -0.2) is 0 Å². The maximum Gasteiger partial charge on any atom is 0.133 e. The third kappa shape index (κ3) is 3.09. The molecule has 2 aliphatic carbocycles. The smallest absolute Gasteiger partial charge is 0.133 e. The Bertz CT molecular complexity index is 234. The first-order chi connectivity index (χ1) is 7.79. The van der Waals surface area contributed by atoms with Crippen LogP contribution in [0.15, 0.2) is 0 Å². The summed E-state index contributed by atoms with van der Waals surface area (Å²) < 4.78 is 0. The average molecular weight is 222 g/mol. The zero-order valence-electron chi connectivity index (χ0n) is 10.7. The van der Waals surface area contributed by atoms with E-state index in [0.29, 0.717) is 5.78 Å². The summed E-state index contributed by atoms with van der Waals surface area (Å²) in [6, 6.07) is 0. The molecule has 0 aliphatic heterocycles. The van der Waals surface area contributed by atoms with Crippen molar-refractivity contribution in [3.8, 4) is 0 Å². The number of carbonyl (C=O) groups is 1. The first-order valence-electron chi connectivity index (χ1n) is 7.31. The minimum absolute atomic E-state index is 0.533.